The second-order valence-electron chi connectivity index (χ2n) is 7.29. The summed E-state index contributed by atoms with van der Waals surface area (Å²) in [4.78, 5) is 16.9. The number of carbonyl (C=O) groups excluding carboxylic acids is 1. The summed E-state index contributed by atoms with van der Waals surface area (Å²) in [6.07, 6.45) is 2.87. The summed E-state index contributed by atoms with van der Waals surface area (Å²) < 4.78 is 29.0. The molecular weight excluding hydrogens is 462 g/mol. The number of benzene rings is 3. The fourth-order valence-electron chi connectivity index (χ4n) is 3.18. The van der Waals surface area contributed by atoms with Crippen LogP contribution < -0.4 is 9.62 Å². The molecule has 1 amide bonds. The smallest absolute Gasteiger partial charge is 0.264 e. The average molecular weight is 482 g/mol. The zero-order chi connectivity index (χ0) is 23.6. The van der Waals surface area contributed by atoms with Crippen molar-refractivity contribution < 1.29 is 13.2 Å². The zero-order valence-electron chi connectivity index (χ0n) is 17.8. The summed E-state index contributed by atoms with van der Waals surface area (Å²) in [6.45, 7) is 1.93. The van der Waals surface area contributed by atoms with Gasteiger partial charge in [-0.3, -0.25) is 9.10 Å². The predicted molar refractivity (Wildman–Crippen MR) is 128 cm³/mol. The molecule has 1 aromatic heterocycles. The molecule has 4 rings (SSSR count). The molecule has 0 saturated carbocycles. The Hall–Kier alpha value is -3.69. The molecular formula is C23H20ClN5O3S. The number of anilines is 2. The SMILES string of the molecule is Cc1ccc(N(C)S(=O)(=O)c2cccc(C(=O)Nc3cc(Cl)ccc3-n3cncn3)c2)cc1. The summed E-state index contributed by atoms with van der Waals surface area (Å²) in [6, 6.07) is 18.0. The molecule has 3 aromatic carbocycles. The molecule has 33 heavy (non-hydrogen) atoms. The summed E-state index contributed by atoms with van der Waals surface area (Å²) in [5.41, 5.74) is 2.69. The van der Waals surface area contributed by atoms with Crippen LogP contribution >= 0.6 is 11.6 Å². The van der Waals surface area contributed by atoms with Crippen LogP contribution in [0.2, 0.25) is 5.02 Å². The Morgan fingerprint density at radius 2 is 1.82 bits per heavy atom. The third kappa shape index (κ3) is 4.74. The largest absolute Gasteiger partial charge is 0.320 e. The molecule has 0 aliphatic carbocycles. The van der Waals surface area contributed by atoms with Gasteiger partial charge in [0.15, 0.2) is 0 Å². The van der Waals surface area contributed by atoms with Crippen molar-refractivity contribution in [1.82, 2.24) is 14.8 Å². The van der Waals surface area contributed by atoms with Gasteiger partial charge in [0.2, 0.25) is 0 Å². The van der Waals surface area contributed by atoms with Crippen molar-refractivity contribution in [2.75, 3.05) is 16.7 Å². The van der Waals surface area contributed by atoms with Crippen LogP contribution in [0.15, 0.2) is 84.3 Å². The Balaban J connectivity index is 1.63. The standard InChI is InChI=1S/C23H20ClN5O3S/c1-16-6-9-19(10-7-16)28(2)33(31,32)20-5-3-4-17(12-20)23(30)27-21-13-18(24)8-11-22(21)29-15-25-14-26-29/h3-15H,1-2H3,(H,27,30). The van der Waals surface area contributed by atoms with Gasteiger partial charge in [-0.05, 0) is 55.5 Å². The Morgan fingerprint density at radius 1 is 1.06 bits per heavy atom. The molecule has 8 nitrogen and oxygen atoms in total. The van der Waals surface area contributed by atoms with Crippen LogP contribution in [0.4, 0.5) is 11.4 Å². The second-order valence-corrected chi connectivity index (χ2v) is 9.70. The first-order valence-corrected chi connectivity index (χ1v) is 11.7. The molecule has 0 aliphatic rings. The quantitative estimate of drug-likeness (QED) is 0.442. The van der Waals surface area contributed by atoms with Crippen LogP contribution in [0.1, 0.15) is 15.9 Å². The molecule has 0 atom stereocenters. The van der Waals surface area contributed by atoms with E-state index in [0.717, 1.165) is 5.56 Å². The van der Waals surface area contributed by atoms with E-state index in [2.05, 4.69) is 15.4 Å². The Morgan fingerprint density at radius 3 is 2.52 bits per heavy atom. The lowest BCUT2D eigenvalue weighted by molar-refractivity contribution is 0.102. The van der Waals surface area contributed by atoms with Crippen molar-refractivity contribution in [3.05, 3.63) is 95.5 Å². The highest BCUT2D eigenvalue weighted by Gasteiger charge is 2.23. The molecule has 0 spiro atoms. The molecule has 1 heterocycles. The van der Waals surface area contributed by atoms with Gasteiger partial charge < -0.3 is 5.32 Å². The van der Waals surface area contributed by atoms with E-state index in [4.69, 9.17) is 11.6 Å². The zero-order valence-corrected chi connectivity index (χ0v) is 19.4. The van der Waals surface area contributed by atoms with Crippen molar-refractivity contribution in [3.63, 3.8) is 0 Å². The highest BCUT2D eigenvalue weighted by atomic mass is 35.5. The van der Waals surface area contributed by atoms with Gasteiger partial charge in [-0.25, -0.2) is 18.1 Å². The molecule has 0 saturated heterocycles. The number of rotatable bonds is 6. The van der Waals surface area contributed by atoms with E-state index in [1.54, 1.807) is 36.4 Å². The van der Waals surface area contributed by atoms with Crippen molar-refractivity contribution in [2.45, 2.75) is 11.8 Å². The van der Waals surface area contributed by atoms with Crippen molar-refractivity contribution in [3.8, 4) is 5.69 Å². The van der Waals surface area contributed by atoms with Crippen LogP contribution in [0.3, 0.4) is 0 Å². The molecule has 0 unspecified atom stereocenters. The molecule has 1 N–H and O–H groups in total. The lowest BCUT2D eigenvalue weighted by Crippen LogP contribution is -2.27. The van der Waals surface area contributed by atoms with E-state index < -0.39 is 15.9 Å². The monoisotopic (exact) mass is 481 g/mol. The Bertz CT molecular complexity index is 1400. The minimum absolute atomic E-state index is 0.000758. The minimum atomic E-state index is -3.87. The van der Waals surface area contributed by atoms with E-state index in [0.29, 0.717) is 22.1 Å². The molecule has 4 aromatic rings. The van der Waals surface area contributed by atoms with E-state index in [1.807, 2.05) is 19.1 Å². The van der Waals surface area contributed by atoms with Gasteiger partial charge in [0.05, 0.1) is 22.0 Å². The Labute approximate surface area is 196 Å². The van der Waals surface area contributed by atoms with Crippen molar-refractivity contribution in [2.24, 2.45) is 0 Å². The van der Waals surface area contributed by atoms with Crippen LogP contribution in [-0.2, 0) is 10.0 Å². The lowest BCUT2D eigenvalue weighted by atomic mass is 10.2. The number of carbonyl (C=O) groups is 1. The summed E-state index contributed by atoms with van der Waals surface area (Å²) >= 11 is 6.11. The maximum atomic E-state index is 13.2. The summed E-state index contributed by atoms with van der Waals surface area (Å²) in [5.74, 6) is -0.492. The van der Waals surface area contributed by atoms with Crippen LogP contribution in [0, 0.1) is 6.92 Å². The number of sulfonamides is 1. The maximum absolute atomic E-state index is 13.2. The topological polar surface area (TPSA) is 97.2 Å². The number of nitrogens with zero attached hydrogens (tertiary/aromatic N) is 4. The number of aryl methyl sites for hydroxylation is 1. The van der Waals surface area contributed by atoms with Gasteiger partial charge in [-0.2, -0.15) is 5.10 Å². The van der Waals surface area contributed by atoms with Crippen molar-refractivity contribution >= 4 is 38.9 Å². The maximum Gasteiger partial charge on any atom is 0.264 e. The van der Waals surface area contributed by atoms with Gasteiger partial charge in [0, 0.05) is 17.6 Å². The number of aromatic nitrogens is 3. The van der Waals surface area contributed by atoms with Crippen LogP contribution in [0.5, 0.6) is 0 Å². The van der Waals surface area contributed by atoms with Gasteiger partial charge in [-0.1, -0.05) is 35.4 Å². The Kier molecular flexibility index (Phi) is 6.17. The number of amides is 1. The summed E-state index contributed by atoms with van der Waals surface area (Å²) in [7, 11) is -2.40. The molecule has 0 bridgehead atoms. The average Bonchev–Trinajstić information content (AvgIpc) is 3.34. The predicted octanol–water partition coefficient (Wildman–Crippen LogP) is 4.31. The first-order chi connectivity index (χ1) is 15.8. The fraction of sp³-hybridized carbons (Fsp3) is 0.0870. The van der Waals surface area contributed by atoms with Gasteiger partial charge in [0.25, 0.3) is 15.9 Å². The van der Waals surface area contributed by atoms with E-state index >= 15 is 0 Å². The fourth-order valence-corrected chi connectivity index (χ4v) is 4.60. The lowest BCUT2D eigenvalue weighted by Gasteiger charge is -2.20. The van der Waals surface area contributed by atoms with Gasteiger partial charge in [-0.15, -0.1) is 0 Å². The van der Waals surface area contributed by atoms with Gasteiger partial charge >= 0.3 is 0 Å². The minimum Gasteiger partial charge on any atom is -0.320 e. The van der Waals surface area contributed by atoms with E-state index in [1.165, 1.54) is 46.9 Å². The molecule has 10 heteroatoms. The highest BCUT2D eigenvalue weighted by molar-refractivity contribution is 7.92. The third-order valence-corrected chi connectivity index (χ3v) is 7.04. The highest BCUT2D eigenvalue weighted by Crippen LogP contribution is 2.26. The van der Waals surface area contributed by atoms with E-state index in [9.17, 15) is 13.2 Å². The first kappa shape index (κ1) is 22.5. The molecule has 0 aliphatic heterocycles. The van der Waals surface area contributed by atoms with Crippen molar-refractivity contribution in [1.29, 1.82) is 0 Å². The molecule has 0 fully saturated rings. The molecule has 168 valence electrons. The third-order valence-electron chi connectivity index (χ3n) is 5.02. The van der Waals surface area contributed by atoms with Gasteiger partial charge in [0.1, 0.15) is 12.7 Å². The van der Waals surface area contributed by atoms with Crippen LogP contribution in [-0.4, -0.2) is 36.1 Å². The van der Waals surface area contributed by atoms with E-state index in [-0.39, 0.29) is 10.5 Å². The molecule has 0 radical (unpaired) electrons. The summed E-state index contributed by atoms with van der Waals surface area (Å²) in [5, 5.41) is 7.29. The van der Waals surface area contributed by atoms with Crippen LogP contribution in [0.25, 0.3) is 5.69 Å². The number of hydrogen-bond donors (Lipinski definition) is 1. The number of halogens is 1. The number of nitrogens with one attached hydrogen (secondary N) is 1. The second kappa shape index (κ2) is 9.05. The normalized spacial score (nSPS) is 11.2. The number of hydrogen-bond acceptors (Lipinski definition) is 5. The first-order valence-electron chi connectivity index (χ1n) is 9.87.